The second-order valence-electron chi connectivity index (χ2n) is 6.98. The van der Waals surface area contributed by atoms with Crippen molar-refractivity contribution in [1.82, 2.24) is 14.5 Å². The maximum atomic E-state index is 14.6. The zero-order valence-corrected chi connectivity index (χ0v) is 16.7. The molecule has 0 atom stereocenters. The van der Waals surface area contributed by atoms with Gasteiger partial charge in [-0.2, -0.15) is 4.98 Å². The van der Waals surface area contributed by atoms with E-state index < -0.39 is 28.8 Å². The molecular formula is C22H16F4N4O2. The Kier molecular flexibility index (Phi) is 5.62. The van der Waals surface area contributed by atoms with Crippen LogP contribution in [0, 0.1) is 23.3 Å². The Morgan fingerprint density at radius 1 is 0.938 bits per heavy atom. The van der Waals surface area contributed by atoms with Crippen molar-refractivity contribution in [3.05, 3.63) is 82.2 Å². The molecule has 0 aliphatic rings. The highest BCUT2D eigenvalue weighted by Crippen LogP contribution is 2.31. The molecule has 164 valence electrons. The molecule has 2 aromatic carbocycles. The number of likely N-dealkylation sites (N-methyl/N-ethyl adjacent to an activating group) is 1. The van der Waals surface area contributed by atoms with Gasteiger partial charge >= 0.3 is 0 Å². The fourth-order valence-electron chi connectivity index (χ4n) is 3.31. The molecule has 10 heteroatoms. The molecular weight excluding hydrogens is 428 g/mol. The lowest BCUT2D eigenvalue weighted by molar-refractivity contribution is 0.303. The van der Waals surface area contributed by atoms with Crippen LogP contribution in [0.15, 0.2) is 53.3 Å². The smallest absolute Gasteiger partial charge is 0.256 e. The number of pyridine rings is 1. The van der Waals surface area contributed by atoms with E-state index in [0.29, 0.717) is 12.1 Å². The number of fused-ring (bicyclic) bond motifs is 1. The lowest BCUT2D eigenvalue weighted by Gasteiger charge is -2.19. The number of nitrogens with zero attached hydrogens (tertiary/aromatic N) is 4. The van der Waals surface area contributed by atoms with E-state index in [0.717, 1.165) is 28.8 Å². The van der Waals surface area contributed by atoms with Gasteiger partial charge in [0.05, 0.1) is 18.0 Å². The molecule has 0 saturated carbocycles. The minimum Gasteiger partial charge on any atom is -0.395 e. The highest BCUT2D eigenvalue weighted by atomic mass is 19.1. The van der Waals surface area contributed by atoms with Gasteiger partial charge in [-0.15, -0.1) is 0 Å². The molecule has 4 aromatic rings. The van der Waals surface area contributed by atoms with Crippen LogP contribution in [0.25, 0.3) is 28.0 Å². The Labute approximate surface area is 179 Å². The standard InChI is InChI=1S/C22H16F4N4O2/c1-29(8-9-31)22-27-20(14-4-2-12(23)10-16(14)25)15-5-7-19(32)30(21(15)28-22)18-6-3-13(24)11-17(18)26/h2-7,10-11,31H,8-9H2,1H3. The van der Waals surface area contributed by atoms with E-state index in [-0.39, 0.29) is 47.1 Å². The summed E-state index contributed by atoms with van der Waals surface area (Å²) in [4.78, 5) is 22.8. The second kappa shape index (κ2) is 8.39. The topological polar surface area (TPSA) is 71.2 Å². The minimum atomic E-state index is -1.00. The molecule has 6 nitrogen and oxygen atoms in total. The van der Waals surface area contributed by atoms with Crippen molar-refractivity contribution < 1.29 is 22.7 Å². The van der Waals surface area contributed by atoms with E-state index in [1.807, 2.05) is 0 Å². The van der Waals surface area contributed by atoms with Gasteiger partial charge in [0.25, 0.3) is 5.56 Å². The van der Waals surface area contributed by atoms with Gasteiger partial charge in [-0.1, -0.05) is 0 Å². The van der Waals surface area contributed by atoms with Crippen LogP contribution in [0.2, 0.25) is 0 Å². The van der Waals surface area contributed by atoms with E-state index in [1.165, 1.54) is 17.0 Å². The molecule has 0 spiro atoms. The fourth-order valence-corrected chi connectivity index (χ4v) is 3.31. The molecule has 32 heavy (non-hydrogen) atoms. The van der Waals surface area contributed by atoms with Gasteiger partial charge < -0.3 is 10.0 Å². The van der Waals surface area contributed by atoms with Crippen LogP contribution < -0.4 is 10.5 Å². The number of aromatic nitrogens is 3. The second-order valence-corrected chi connectivity index (χ2v) is 6.98. The summed E-state index contributed by atoms with van der Waals surface area (Å²) in [7, 11) is 1.56. The van der Waals surface area contributed by atoms with Crippen LogP contribution in [0.4, 0.5) is 23.5 Å². The number of halogens is 4. The van der Waals surface area contributed by atoms with Crippen molar-refractivity contribution in [2.45, 2.75) is 0 Å². The number of anilines is 1. The maximum absolute atomic E-state index is 14.6. The van der Waals surface area contributed by atoms with E-state index in [9.17, 15) is 27.5 Å². The molecule has 0 aliphatic carbocycles. The number of aliphatic hydroxyl groups is 1. The van der Waals surface area contributed by atoms with Gasteiger partial charge in [-0.05, 0) is 30.3 Å². The lowest BCUT2D eigenvalue weighted by atomic mass is 10.1. The molecule has 0 aliphatic heterocycles. The Hall–Kier alpha value is -3.79. The highest BCUT2D eigenvalue weighted by Gasteiger charge is 2.20. The van der Waals surface area contributed by atoms with E-state index in [1.54, 1.807) is 7.05 Å². The van der Waals surface area contributed by atoms with Crippen molar-refractivity contribution in [2.24, 2.45) is 0 Å². The van der Waals surface area contributed by atoms with Gasteiger partial charge in [0.15, 0.2) is 5.65 Å². The van der Waals surface area contributed by atoms with Crippen LogP contribution in [0.3, 0.4) is 0 Å². The molecule has 2 aromatic heterocycles. The van der Waals surface area contributed by atoms with E-state index >= 15 is 0 Å². The Balaban J connectivity index is 2.11. The number of benzene rings is 2. The van der Waals surface area contributed by atoms with Gasteiger partial charge in [-0.3, -0.25) is 9.36 Å². The summed E-state index contributed by atoms with van der Waals surface area (Å²) in [5.74, 6) is -3.50. The highest BCUT2D eigenvalue weighted by molar-refractivity contribution is 5.92. The van der Waals surface area contributed by atoms with Crippen molar-refractivity contribution in [2.75, 3.05) is 25.1 Å². The third-order valence-electron chi connectivity index (χ3n) is 4.85. The summed E-state index contributed by atoms with van der Waals surface area (Å²) in [6.45, 7) is -0.134. The van der Waals surface area contributed by atoms with Gasteiger partial charge in [0, 0.05) is 42.7 Å². The molecule has 0 amide bonds. The van der Waals surface area contributed by atoms with Crippen LogP contribution in [0.1, 0.15) is 0 Å². The molecule has 0 radical (unpaired) electrons. The number of hydrogen-bond acceptors (Lipinski definition) is 5. The Morgan fingerprint density at radius 2 is 1.62 bits per heavy atom. The van der Waals surface area contributed by atoms with E-state index in [4.69, 9.17) is 0 Å². The first-order valence-electron chi connectivity index (χ1n) is 9.47. The fraction of sp³-hybridized carbons (Fsp3) is 0.136. The van der Waals surface area contributed by atoms with Crippen molar-refractivity contribution >= 4 is 17.0 Å². The van der Waals surface area contributed by atoms with Gasteiger partial charge in [0.1, 0.15) is 23.3 Å². The van der Waals surface area contributed by atoms with Gasteiger partial charge in [-0.25, -0.2) is 22.5 Å². The predicted octanol–water partition coefficient (Wildman–Crippen LogP) is 3.43. The van der Waals surface area contributed by atoms with Crippen LogP contribution in [-0.2, 0) is 0 Å². The molecule has 0 fully saturated rings. The zero-order valence-electron chi connectivity index (χ0n) is 16.7. The largest absolute Gasteiger partial charge is 0.395 e. The Morgan fingerprint density at radius 3 is 2.28 bits per heavy atom. The van der Waals surface area contributed by atoms with E-state index in [2.05, 4.69) is 9.97 Å². The SMILES string of the molecule is CN(CCO)c1nc(-c2ccc(F)cc2F)c2ccc(=O)n(-c3ccc(F)cc3F)c2n1. The molecule has 4 rings (SSSR count). The van der Waals surface area contributed by atoms with Crippen LogP contribution in [0.5, 0.6) is 0 Å². The molecule has 2 heterocycles. The normalized spacial score (nSPS) is 11.2. The lowest BCUT2D eigenvalue weighted by Crippen LogP contribution is -2.25. The molecule has 0 bridgehead atoms. The molecule has 0 saturated heterocycles. The summed E-state index contributed by atoms with van der Waals surface area (Å²) in [5, 5.41) is 9.45. The summed E-state index contributed by atoms with van der Waals surface area (Å²) in [6, 6.07) is 8.11. The maximum Gasteiger partial charge on any atom is 0.256 e. The van der Waals surface area contributed by atoms with Crippen LogP contribution in [-0.4, -0.2) is 39.8 Å². The first-order valence-corrected chi connectivity index (χ1v) is 9.47. The summed E-state index contributed by atoms with van der Waals surface area (Å²) in [5.41, 5.74) is -1.03. The quantitative estimate of drug-likeness (QED) is 0.478. The van der Waals surface area contributed by atoms with Gasteiger partial charge in [0.2, 0.25) is 5.95 Å². The summed E-state index contributed by atoms with van der Waals surface area (Å²) >= 11 is 0. The third-order valence-corrected chi connectivity index (χ3v) is 4.85. The molecule has 1 N–H and O–H groups in total. The Bertz CT molecular complexity index is 1390. The predicted molar refractivity (Wildman–Crippen MR) is 111 cm³/mol. The zero-order chi connectivity index (χ0) is 23.0. The number of hydrogen-bond donors (Lipinski definition) is 1. The monoisotopic (exact) mass is 444 g/mol. The minimum absolute atomic E-state index is 0.00662. The average molecular weight is 444 g/mol. The van der Waals surface area contributed by atoms with Crippen molar-refractivity contribution in [1.29, 1.82) is 0 Å². The first kappa shape index (κ1) is 21.4. The third kappa shape index (κ3) is 3.80. The van der Waals surface area contributed by atoms with Crippen molar-refractivity contribution in [3.63, 3.8) is 0 Å². The average Bonchev–Trinajstić information content (AvgIpc) is 2.74. The van der Waals surface area contributed by atoms with Crippen molar-refractivity contribution in [3.8, 4) is 16.9 Å². The number of aliphatic hydroxyl groups excluding tert-OH is 1. The van der Waals surface area contributed by atoms with Crippen LogP contribution >= 0.6 is 0 Å². The first-order chi connectivity index (χ1) is 15.3. The summed E-state index contributed by atoms with van der Waals surface area (Å²) < 4.78 is 57.0. The number of rotatable bonds is 5. The summed E-state index contributed by atoms with van der Waals surface area (Å²) in [6.07, 6.45) is 0. The molecule has 0 unspecified atom stereocenters.